The predicted octanol–water partition coefficient (Wildman–Crippen LogP) is 5.93. The molecule has 0 spiro atoms. The molecule has 0 unspecified atom stereocenters. The molecule has 2 aliphatic heterocycles. The van der Waals surface area contributed by atoms with Crippen molar-refractivity contribution in [2.75, 3.05) is 13.2 Å². The van der Waals surface area contributed by atoms with Crippen LogP contribution in [-0.2, 0) is 27.8 Å². The molecule has 1 aromatic carbocycles. The number of ether oxygens (including phenoxy) is 3. The standard InChI is InChI=1S/C17H23N3O2.C11H12O2.2ClH.Ru/c1-10(2)14-8-21-16(19-14)12-6-5-7-13(18-12)17-20-15(9-22-17)11(3)4;1-7-5-8(2)11(9(3)6-7)13-10(4)12;;;/h5-7,10-11,14-15H,8-9H2,1-4H3;4-6H,1-3H3;2*1H;/q;;;;+2/p-2/t14-,15-;;;;/m1..../s1. The summed E-state index contributed by atoms with van der Waals surface area (Å²) in [6.07, 6.45) is 0. The van der Waals surface area contributed by atoms with Gasteiger partial charge in [0.1, 0.15) is 24.6 Å². The van der Waals surface area contributed by atoms with Gasteiger partial charge >= 0.3 is 108 Å². The fourth-order valence-electron chi connectivity index (χ4n) is 3.93. The number of halogens is 2. The van der Waals surface area contributed by atoms with Crippen LogP contribution in [0.3, 0.4) is 0 Å². The third-order valence-electron chi connectivity index (χ3n) is 6.04. The molecular weight excluding hydrogens is 614 g/mol. The van der Waals surface area contributed by atoms with E-state index in [9.17, 15) is 4.79 Å². The molecular formula is C28H35Cl2N3O4Ru. The van der Waals surface area contributed by atoms with Crippen LogP contribution in [0.15, 0.2) is 40.3 Å². The summed E-state index contributed by atoms with van der Waals surface area (Å²) in [4.78, 5) is 25.3. The molecule has 0 amide bonds. The van der Waals surface area contributed by atoms with E-state index < -0.39 is 19.5 Å². The van der Waals surface area contributed by atoms with E-state index in [2.05, 4.69) is 42.7 Å². The van der Waals surface area contributed by atoms with Crippen LogP contribution >= 0.6 is 19.4 Å². The first-order valence-corrected chi connectivity index (χ1v) is 17.9. The van der Waals surface area contributed by atoms with Gasteiger partial charge in [0.25, 0.3) is 0 Å². The van der Waals surface area contributed by atoms with Crippen molar-refractivity contribution in [3.63, 3.8) is 0 Å². The summed E-state index contributed by atoms with van der Waals surface area (Å²) in [5, 5.41) is 0. The zero-order valence-electron chi connectivity index (χ0n) is 22.8. The van der Waals surface area contributed by atoms with Gasteiger partial charge in [-0.15, -0.1) is 0 Å². The second-order valence-corrected chi connectivity index (χ2v) is 15.7. The van der Waals surface area contributed by atoms with Gasteiger partial charge in [-0.1, -0.05) is 33.8 Å². The summed E-state index contributed by atoms with van der Waals surface area (Å²) in [7, 11) is 11.2. The molecule has 38 heavy (non-hydrogen) atoms. The molecule has 7 nitrogen and oxygen atoms in total. The van der Waals surface area contributed by atoms with Crippen molar-refractivity contribution in [2.24, 2.45) is 21.8 Å². The number of aromatic nitrogens is 1. The molecule has 0 aliphatic carbocycles. The van der Waals surface area contributed by atoms with Crippen LogP contribution in [0, 0.1) is 32.6 Å². The Kier molecular flexibility index (Phi) is 11.0. The van der Waals surface area contributed by atoms with Crippen LogP contribution in [0.2, 0.25) is 0 Å². The molecule has 1 aromatic heterocycles. The Morgan fingerprint density at radius 1 is 0.947 bits per heavy atom. The van der Waals surface area contributed by atoms with E-state index in [0.29, 0.717) is 42.6 Å². The third kappa shape index (κ3) is 8.43. The van der Waals surface area contributed by atoms with Gasteiger partial charge in [0.05, 0.1) is 12.1 Å². The van der Waals surface area contributed by atoms with E-state index in [0.717, 1.165) is 28.1 Å². The fraction of sp³-hybridized carbons (Fsp3) is 0.464. The van der Waals surface area contributed by atoms with E-state index in [-0.39, 0.29) is 12.1 Å². The van der Waals surface area contributed by atoms with Crippen molar-refractivity contribution in [3.05, 3.63) is 58.4 Å². The average Bonchev–Trinajstić information content (AvgIpc) is 3.52. The number of carbonyl (C=O) groups is 1. The summed E-state index contributed by atoms with van der Waals surface area (Å²) >= 11 is -2.10. The van der Waals surface area contributed by atoms with E-state index in [1.54, 1.807) is 0 Å². The Balaban J connectivity index is 0.000000223. The van der Waals surface area contributed by atoms with Crippen LogP contribution < -0.4 is 4.74 Å². The predicted molar refractivity (Wildman–Crippen MR) is 151 cm³/mol. The van der Waals surface area contributed by atoms with Crippen molar-refractivity contribution in [3.8, 4) is 5.75 Å². The molecule has 0 saturated carbocycles. The van der Waals surface area contributed by atoms with Gasteiger partial charge in [-0.25, -0.2) is 15.0 Å². The molecule has 0 radical (unpaired) electrons. The monoisotopic (exact) mass is 649 g/mol. The van der Waals surface area contributed by atoms with Gasteiger partial charge in [0.2, 0.25) is 11.8 Å². The molecule has 3 heterocycles. The van der Waals surface area contributed by atoms with Crippen molar-refractivity contribution in [2.45, 2.75) is 60.5 Å². The Morgan fingerprint density at radius 2 is 1.42 bits per heavy atom. The number of carbonyl (C=O) groups excluding carboxylic acids is 1. The Morgan fingerprint density at radius 3 is 1.82 bits per heavy atom. The molecule has 0 bridgehead atoms. The molecule has 10 heteroatoms. The van der Waals surface area contributed by atoms with Crippen LogP contribution in [0.1, 0.15) is 55.8 Å². The minimum absolute atomic E-state index is 0.214. The van der Waals surface area contributed by atoms with E-state index in [1.165, 1.54) is 4.61 Å². The second kappa shape index (κ2) is 13.8. The Labute approximate surface area is 238 Å². The maximum atomic E-state index is 11.4. The molecule has 208 valence electrons. The number of hydrogen-bond donors (Lipinski definition) is 0. The molecule has 2 aromatic rings. The summed E-state index contributed by atoms with van der Waals surface area (Å²) in [6, 6.07) is 10.1. The number of aliphatic imine (C=N–C) groups is 2. The number of esters is 1. The summed E-state index contributed by atoms with van der Waals surface area (Å²) in [5.74, 6) is 2.30. The number of nitrogens with zero attached hydrogens (tertiary/aromatic N) is 3. The van der Waals surface area contributed by atoms with E-state index in [1.807, 2.05) is 51.1 Å². The van der Waals surface area contributed by atoms with Crippen LogP contribution in [0.5, 0.6) is 5.75 Å². The zero-order valence-corrected chi connectivity index (χ0v) is 26.0. The molecule has 4 rings (SSSR count). The van der Waals surface area contributed by atoms with E-state index >= 15 is 0 Å². The molecule has 0 N–H and O–H groups in total. The third-order valence-corrected chi connectivity index (χ3v) is 7.74. The summed E-state index contributed by atoms with van der Waals surface area (Å²) < 4.78 is 17.9. The number of pyridine rings is 1. The van der Waals surface area contributed by atoms with Gasteiger partial charge < -0.3 is 9.47 Å². The quantitative estimate of drug-likeness (QED) is 0.220. The van der Waals surface area contributed by atoms with Gasteiger partial charge in [-0.3, -0.25) is 0 Å². The fourth-order valence-corrected chi connectivity index (χ4v) is 5.08. The van der Waals surface area contributed by atoms with Gasteiger partial charge in [-0.2, -0.15) is 0 Å². The van der Waals surface area contributed by atoms with Crippen molar-refractivity contribution < 1.29 is 32.5 Å². The SMILES string of the molecule is CC(C)[C@H]1COC(c2cccc(C3=N[C@@H](C(C)C)CO3)n2)=N1.Cc1cc(C)c(OC(=O)[CH]=[Ru]([Cl])[Cl])c(C)c1. The first kappa shape index (κ1) is 30.4. The summed E-state index contributed by atoms with van der Waals surface area (Å²) in [6.45, 7) is 15.7. The van der Waals surface area contributed by atoms with Gasteiger partial charge in [-0.05, 0) is 24.0 Å². The molecule has 0 saturated heterocycles. The normalized spacial score (nSPS) is 18.7. The van der Waals surface area contributed by atoms with Crippen LogP contribution in [-0.4, -0.2) is 52.7 Å². The molecule has 2 aliphatic rings. The topological polar surface area (TPSA) is 82.4 Å². The average molecular weight is 650 g/mol. The van der Waals surface area contributed by atoms with E-state index in [4.69, 9.17) is 33.6 Å². The summed E-state index contributed by atoms with van der Waals surface area (Å²) in [5.41, 5.74) is 4.50. The van der Waals surface area contributed by atoms with Crippen LogP contribution in [0.4, 0.5) is 0 Å². The van der Waals surface area contributed by atoms with Crippen molar-refractivity contribution in [1.29, 1.82) is 0 Å². The first-order chi connectivity index (χ1) is 17.9. The van der Waals surface area contributed by atoms with Gasteiger partial charge in [0, 0.05) is 0 Å². The van der Waals surface area contributed by atoms with Gasteiger partial charge in [0.15, 0.2) is 0 Å². The van der Waals surface area contributed by atoms with Crippen molar-refractivity contribution >= 4 is 41.8 Å². The Hall–Kier alpha value is -2.15. The van der Waals surface area contributed by atoms with Crippen molar-refractivity contribution in [1.82, 2.24) is 4.98 Å². The second-order valence-electron chi connectivity index (χ2n) is 9.98. The number of benzene rings is 1. The zero-order chi connectivity index (χ0) is 28.0. The molecule has 2 atom stereocenters. The first-order valence-electron chi connectivity index (χ1n) is 12.5. The number of aryl methyl sites for hydroxylation is 3. The molecule has 0 fully saturated rings. The van der Waals surface area contributed by atoms with Crippen LogP contribution in [0.25, 0.3) is 0 Å². The maximum absolute atomic E-state index is 11.4. The minimum atomic E-state index is -2.10. The number of hydrogen-bond acceptors (Lipinski definition) is 7. The Bertz CT molecular complexity index is 1180. The number of rotatable bonds is 6.